The molecular weight excluding hydrogens is 368 g/mol. The van der Waals surface area contributed by atoms with Crippen molar-refractivity contribution in [3.05, 3.63) is 57.6 Å². The Kier molecular flexibility index (Phi) is 5.71. The molecule has 0 saturated carbocycles. The van der Waals surface area contributed by atoms with E-state index >= 15 is 0 Å². The summed E-state index contributed by atoms with van der Waals surface area (Å²) in [4.78, 5) is 25.1. The summed E-state index contributed by atoms with van der Waals surface area (Å²) in [6.07, 6.45) is 2.23. The number of rotatable bonds is 6. The van der Waals surface area contributed by atoms with Gasteiger partial charge in [-0.2, -0.15) is 0 Å². The number of carbonyl (C=O) groups excluding carboxylic acids is 2. The molecule has 0 radical (unpaired) electrons. The fourth-order valence-corrected chi connectivity index (χ4v) is 3.57. The van der Waals surface area contributed by atoms with Gasteiger partial charge in [0.15, 0.2) is 17.6 Å². The summed E-state index contributed by atoms with van der Waals surface area (Å²) in [6, 6.07) is 8.59. The Morgan fingerprint density at radius 1 is 1.00 bits per heavy atom. The molecular formula is C21H21ClO5. The molecule has 5 nitrogen and oxygen atoms in total. The number of hydrogen-bond donors (Lipinski definition) is 0. The first kappa shape index (κ1) is 19.2. The Bertz CT molecular complexity index is 890. The van der Waals surface area contributed by atoms with Gasteiger partial charge < -0.3 is 14.2 Å². The average Bonchev–Trinajstić information content (AvgIpc) is 3.14. The quantitative estimate of drug-likeness (QED) is 0.546. The van der Waals surface area contributed by atoms with E-state index < -0.39 is 12.1 Å². The Hall–Kier alpha value is -2.53. The van der Waals surface area contributed by atoms with Gasteiger partial charge in [0.25, 0.3) is 0 Å². The lowest BCUT2D eigenvalue weighted by Gasteiger charge is -2.15. The predicted molar refractivity (Wildman–Crippen MR) is 102 cm³/mol. The topological polar surface area (TPSA) is 61.8 Å². The summed E-state index contributed by atoms with van der Waals surface area (Å²) in [6.45, 7) is 1.57. The molecule has 27 heavy (non-hydrogen) atoms. The molecule has 0 amide bonds. The highest BCUT2D eigenvalue weighted by atomic mass is 35.5. The molecule has 0 aromatic heterocycles. The van der Waals surface area contributed by atoms with Crippen LogP contribution in [-0.2, 0) is 17.6 Å². The zero-order chi connectivity index (χ0) is 19.6. The summed E-state index contributed by atoms with van der Waals surface area (Å²) in [5, 5.41) is 0.224. The van der Waals surface area contributed by atoms with Crippen LogP contribution in [0.15, 0.2) is 30.3 Å². The lowest BCUT2D eigenvalue weighted by molar-refractivity contribution is 0.0318. The van der Waals surface area contributed by atoms with Crippen LogP contribution in [0.2, 0.25) is 5.02 Å². The summed E-state index contributed by atoms with van der Waals surface area (Å²) in [7, 11) is 2.91. The number of aryl methyl sites for hydroxylation is 2. The SMILES string of the molecule is COc1cc(C(=O)O[C@@H](C)C(=O)c2ccc3c(c2)CCC3)cc(Cl)c1OC. The molecule has 0 aliphatic heterocycles. The van der Waals surface area contributed by atoms with Gasteiger partial charge in [-0.1, -0.05) is 23.7 Å². The van der Waals surface area contributed by atoms with Crippen LogP contribution in [0.4, 0.5) is 0 Å². The first-order valence-electron chi connectivity index (χ1n) is 8.73. The van der Waals surface area contributed by atoms with Crippen LogP contribution in [0.3, 0.4) is 0 Å². The van der Waals surface area contributed by atoms with Crippen molar-refractivity contribution in [3.63, 3.8) is 0 Å². The standard InChI is InChI=1S/C21H21ClO5/c1-12(19(23)15-8-7-13-5-4-6-14(13)9-15)27-21(24)16-10-17(22)20(26-3)18(11-16)25-2/h7-12H,4-6H2,1-3H3/t12-/m0/s1. The molecule has 0 N–H and O–H groups in total. The van der Waals surface area contributed by atoms with Gasteiger partial charge in [0.2, 0.25) is 5.78 Å². The molecule has 1 aliphatic rings. The lowest BCUT2D eigenvalue weighted by Crippen LogP contribution is -2.24. The molecule has 0 saturated heterocycles. The van der Waals surface area contributed by atoms with Crippen molar-refractivity contribution in [2.75, 3.05) is 14.2 Å². The number of hydrogen-bond acceptors (Lipinski definition) is 5. The number of ether oxygens (including phenoxy) is 3. The van der Waals surface area contributed by atoms with Gasteiger partial charge in [0.1, 0.15) is 0 Å². The second kappa shape index (κ2) is 8.01. The van der Waals surface area contributed by atoms with Crippen LogP contribution in [0.5, 0.6) is 11.5 Å². The van der Waals surface area contributed by atoms with Crippen molar-refractivity contribution >= 4 is 23.4 Å². The Morgan fingerprint density at radius 3 is 2.44 bits per heavy atom. The first-order valence-corrected chi connectivity index (χ1v) is 9.11. The minimum absolute atomic E-state index is 0.186. The smallest absolute Gasteiger partial charge is 0.339 e. The fraction of sp³-hybridized carbons (Fsp3) is 0.333. The third kappa shape index (κ3) is 3.93. The van der Waals surface area contributed by atoms with Gasteiger partial charge in [-0.25, -0.2) is 4.79 Å². The van der Waals surface area contributed by atoms with E-state index in [1.165, 1.54) is 37.5 Å². The van der Waals surface area contributed by atoms with E-state index in [0.717, 1.165) is 19.3 Å². The Balaban J connectivity index is 1.75. The molecule has 3 rings (SSSR count). The number of fused-ring (bicyclic) bond motifs is 1. The van der Waals surface area contributed by atoms with Crippen molar-refractivity contribution in [1.82, 2.24) is 0 Å². The van der Waals surface area contributed by atoms with Gasteiger partial charge >= 0.3 is 5.97 Å². The van der Waals surface area contributed by atoms with Crippen LogP contribution in [-0.4, -0.2) is 32.1 Å². The largest absolute Gasteiger partial charge is 0.493 e. The van der Waals surface area contributed by atoms with Crippen molar-refractivity contribution in [3.8, 4) is 11.5 Å². The van der Waals surface area contributed by atoms with Crippen LogP contribution in [0.25, 0.3) is 0 Å². The van der Waals surface area contributed by atoms with Crippen molar-refractivity contribution < 1.29 is 23.8 Å². The minimum Gasteiger partial charge on any atom is -0.493 e. The zero-order valence-corrected chi connectivity index (χ0v) is 16.3. The van der Waals surface area contributed by atoms with Crippen LogP contribution < -0.4 is 9.47 Å². The molecule has 2 aromatic rings. The maximum Gasteiger partial charge on any atom is 0.339 e. The molecule has 142 valence electrons. The van der Waals surface area contributed by atoms with Crippen LogP contribution in [0, 0.1) is 0 Å². The summed E-state index contributed by atoms with van der Waals surface area (Å²) in [5.41, 5.74) is 3.23. The number of ketones is 1. The maximum absolute atomic E-state index is 12.7. The van der Waals surface area contributed by atoms with Crippen LogP contribution in [0.1, 0.15) is 45.2 Å². The third-order valence-corrected chi connectivity index (χ3v) is 4.99. The van der Waals surface area contributed by atoms with Gasteiger partial charge in [0, 0.05) is 5.56 Å². The van der Waals surface area contributed by atoms with E-state index in [4.69, 9.17) is 25.8 Å². The number of carbonyl (C=O) groups is 2. The van der Waals surface area contributed by atoms with E-state index in [1.807, 2.05) is 12.1 Å². The molecule has 1 atom stereocenters. The van der Waals surface area contributed by atoms with Crippen molar-refractivity contribution in [2.45, 2.75) is 32.3 Å². The minimum atomic E-state index is -0.913. The highest BCUT2D eigenvalue weighted by molar-refractivity contribution is 6.32. The summed E-state index contributed by atoms with van der Waals surface area (Å²) in [5.74, 6) is -0.239. The second-order valence-electron chi connectivity index (χ2n) is 6.44. The average molecular weight is 389 g/mol. The first-order chi connectivity index (χ1) is 12.9. The molecule has 0 bridgehead atoms. The summed E-state index contributed by atoms with van der Waals surface area (Å²) >= 11 is 6.13. The maximum atomic E-state index is 12.7. The number of methoxy groups -OCH3 is 2. The highest BCUT2D eigenvalue weighted by Gasteiger charge is 2.23. The van der Waals surface area contributed by atoms with Crippen molar-refractivity contribution in [2.24, 2.45) is 0 Å². The highest BCUT2D eigenvalue weighted by Crippen LogP contribution is 2.36. The van der Waals surface area contributed by atoms with Gasteiger partial charge in [0.05, 0.1) is 24.8 Å². The van der Waals surface area contributed by atoms with E-state index in [9.17, 15) is 9.59 Å². The molecule has 0 fully saturated rings. The van der Waals surface area contributed by atoms with Crippen molar-refractivity contribution in [1.29, 1.82) is 0 Å². The number of benzene rings is 2. The normalized spacial score (nSPS) is 13.6. The zero-order valence-electron chi connectivity index (χ0n) is 15.5. The van der Waals surface area contributed by atoms with Gasteiger partial charge in [-0.3, -0.25) is 4.79 Å². The van der Waals surface area contributed by atoms with E-state index in [2.05, 4.69) is 0 Å². The van der Waals surface area contributed by atoms with Gasteiger partial charge in [-0.05, 0) is 55.5 Å². The molecule has 6 heteroatoms. The van der Waals surface area contributed by atoms with E-state index in [-0.39, 0.29) is 16.4 Å². The molecule has 0 spiro atoms. The fourth-order valence-electron chi connectivity index (χ4n) is 3.28. The predicted octanol–water partition coefficient (Wildman–Crippen LogP) is 4.27. The van der Waals surface area contributed by atoms with Crippen LogP contribution >= 0.6 is 11.6 Å². The molecule has 0 unspecified atom stereocenters. The molecule has 1 aliphatic carbocycles. The number of halogens is 1. The number of Topliss-reactive ketones (excluding diaryl/α,β-unsaturated/α-hetero) is 1. The monoisotopic (exact) mass is 388 g/mol. The third-order valence-electron chi connectivity index (χ3n) is 4.71. The molecule has 2 aromatic carbocycles. The lowest BCUT2D eigenvalue weighted by atomic mass is 10.0. The second-order valence-corrected chi connectivity index (χ2v) is 6.85. The van der Waals surface area contributed by atoms with Gasteiger partial charge in [-0.15, -0.1) is 0 Å². The molecule has 0 heterocycles. The van der Waals surface area contributed by atoms with E-state index in [0.29, 0.717) is 17.1 Å². The number of esters is 1. The summed E-state index contributed by atoms with van der Waals surface area (Å²) < 4.78 is 15.7. The van der Waals surface area contributed by atoms with E-state index in [1.54, 1.807) is 13.0 Å². The Morgan fingerprint density at radius 2 is 1.74 bits per heavy atom. The Labute approximate surface area is 163 Å².